The zero-order valence-corrected chi connectivity index (χ0v) is 19.0. The van der Waals surface area contributed by atoms with Gasteiger partial charge in [0.05, 0.1) is 11.3 Å². The Bertz CT molecular complexity index is 389. The van der Waals surface area contributed by atoms with Crippen molar-refractivity contribution in [2.45, 2.75) is 147 Å². The highest BCUT2D eigenvalue weighted by Crippen LogP contribution is 2.17. The van der Waals surface area contributed by atoms with Crippen molar-refractivity contribution in [1.29, 1.82) is 0 Å². The minimum atomic E-state index is -2.38. The van der Waals surface area contributed by atoms with E-state index in [2.05, 4.69) is 6.92 Å². The van der Waals surface area contributed by atoms with Gasteiger partial charge >= 0.3 is 5.72 Å². The molecule has 0 spiro atoms. The molecule has 0 saturated carbocycles. The average molecular weight is 414 g/mol. The highest BCUT2D eigenvalue weighted by Gasteiger charge is 2.39. The van der Waals surface area contributed by atoms with Gasteiger partial charge in [0.15, 0.2) is 0 Å². The minimum absolute atomic E-state index is 0.0442. The van der Waals surface area contributed by atoms with Crippen LogP contribution < -0.4 is 0 Å². The second kappa shape index (κ2) is 20.3. The summed E-state index contributed by atoms with van der Waals surface area (Å²) in [6.45, 7) is 2.27. The van der Waals surface area contributed by atoms with Crippen molar-refractivity contribution >= 4 is 6.29 Å². The molecule has 0 aliphatic carbocycles. The van der Waals surface area contributed by atoms with Crippen LogP contribution >= 0.6 is 0 Å². The van der Waals surface area contributed by atoms with Crippen LogP contribution in [0.15, 0.2) is 0 Å². The second-order valence-corrected chi connectivity index (χ2v) is 8.72. The van der Waals surface area contributed by atoms with Crippen LogP contribution in [0.2, 0.25) is 0 Å². The van der Waals surface area contributed by atoms with Gasteiger partial charge in [0, 0.05) is 0 Å². The first-order valence-corrected chi connectivity index (χ1v) is 12.4. The van der Waals surface area contributed by atoms with Gasteiger partial charge < -0.3 is 5.11 Å². The van der Waals surface area contributed by atoms with Gasteiger partial charge in [0.25, 0.3) is 0 Å². The molecule has 29 heavy (non-hydrogen) atoms. The SMILES string of the molecule is CCCCCCCCCCCCCCCCCCCCCCC(O)(C=O)[N+](=O)[O-]. The monoisotopic (exact) mass is 413 g/mol. The Morgan fingerprint density at radius 1 is 0.655 bits per heavy atom. The van der Waals surface area contributed by atoms with E-state index in [9.17, 15) is 20.0 Å². The predicted octanol–water partition coefficient (Wildman–Crippen LogP) is 7.36. The van der Waals surface area contributed by atoms with Crippen LogP contribution in [0.4, 0.5) is 0 Å². The molecular formula is C24H47NO4. The quantitative estimate of drug-likeness (QED) is 0.0623. The van der Waals surface area contributed by atoms with Crippen molar-refractivity contribution in [1.82, 2.24) is 0 Å². The van der Waals surface area contributed by atoms with Gasteiger partial charge in [-0.2, -0.15) is 0 Å². The molecule has 1 unspecified atom stereocenters. The molecular weight excluding hydrogens is 366 g/mol. The molecule has 0 fully saturated rings. The summed E-state index contributed by atoms with van der Waals surface area (Å²) >= 11 is 0. The van der Waals surface area contributed by atoms with Crippen LogP contribution in [-0.4, -0.2) is 22.0 Å². The number of nitrogens with zero attached hydrogens (tertiary/aromatic N) is 1. The molecule has 0 aliphatic heterocycles. The van der Waals surface area contributed by atoms with Gasteiger partial charge in [-0.3, -0.25) is 14.9 Å². The number of hydrogen-bond acceptors (Lipinski definition) is 4. The number of aliphatic hydroxyl groups is 1. The fraction of sp³-hybridized carbons (Fsp3) is 0.958. The fourth-order valence-electron chi connectivity index (χ4n) is 3.83. The highest BCUT2D eigenvalue weighted by atomic mass is 16.7. The van der Waals surface area contributed by atoms with E-state index >= 15 is 0 Å². The van der Waals surface area contributed by atoms with E-state index in [0.29, 0.717) is 6.42 Å². The normalized spacial score (nSPS) is 13.3. The van der Waals surface area contributed by atoms with Crippen molar-refractivity contribution in [3.63, 3.8) is 0 Å². The van der Waals surface area contributed by atoms with Gasteiger partial charge in [0.1, 0.15) is 0 Å². The summed E-state index contributed by atoms with van der Waals surface area (Å²) in [6.07, 6.45) is 25.4. The van der Waals surface area contributed by atoms with E-state index in [-0.39, 0.29) is 12.7 Å². The number of unbranched alkanes of at least 4 members (excludes halogenated alkanes) is 19. The summed E-state index contributed by atoms with van der Waals surface area (Å²) in [6, 6.07) is 0. The molecule has 5 heteroatoms. The summed E-state index contributed by atoms with van der Waals surface area (Å²) in [7, 11) is 0. The Kier molecular flexibility index (Phi) is 19.6. The number of carbonyl (C=O) groups is 1. The Morgan fingerprint density at radius 2 is 0.931 bits per heavy atom. The van der Waals surface area contributed by atoms with Gasteiger partial charge in [0.2, 0.25) is 6.29 Å². The van der Waals surface area contributed by atoms with Crippen molar-refractivity contribution < 1.29 is 14.8 Å². The lowest BCUT2D eigenvalue weighted by Gasteiger charge is -2.11. The van der Waals surface area contributed by atoms with Crippen LogP contribution in [0.3, 0.4) is 0 Å². The third-order valence-corrected chi connectivity index (χ3v) is 5.90. The Balaban J connectivity index is 3.19. The Morgan fingerprint density at radius 3 is 1.17 bits per heavy atom. The Labute approximate surface area is 179 Å². The molecule has 0 radical (unpaired) electrons. The minimum Gasteiger partial charge on any atom is -0.325 e. The molecule has 0 amide bonds. The number of aldehydes is 1. The molecule has 0 saturated heterocycles. The summed E-state index contributed by atoms with van der Waals surface area (Å²) in [5.74, 6) is 0. The maximum Gasteiger partial charge on any atom is 0.378 e. The van der Waals surface area contributed by atoms with Gasteiger partial charge in [-0.15, -0.1) is 0 Å². The topological polar surface area (TPSA) is 80.4 Å². The molecule has 1 N–H and O–H groups in total. The third-order valence-electron chi connectivity index (χ3n) is 5.90. The molecule has 0 aromatic carbocycles. The number of carbonyl (C=O) groups excluding carboxylic acids is 1. The van der Waals surface area contributed by atoms with Gasteiger partial charge in [-0.05, 0) is 6.42 Å². The standard InChI is InChI=1S/C24H47NO4/c1-2-3-4-5-6-7-8-9-10-11-12-13-14-15-16-17-18-19-20-21-22-24(27,23-26)25(28)29/h23,27H,2-22H2,1H3. The molecule has 0 rings (SSSR count). The lowest BCUT2D eigenvalue weighted by molar-refractivity contribution is -0.602. The molecule has 172 valence electrons. The maximum atomic E-state index is 10.6. The van der Waals surface area contributed by atoms with Crippen LogP contribution in [-0.2, 0) is 4.79 Å². The zero-order chi connectivity index (χ0) is 21.6. The lowest BCUT2D eigenvalue weighted by atomic mass is 10.0. The first-order valence-electron chi connectivity index (χ1n) is 12.4. The first-order chi connectivity index (χ1) is 14.1. The van der Waals surface area contributed by atoms with Crippen LogP contribution in [0.5, 0.6) is 0 Å². The summed E-state index contributed by atoms with van der Waals surface area (Å²) in [5, 5.41) is 20.1. The molecule has 0 aromatic rings. The average Bonchev–Trinajstić information content (AvgIpc) is 2.72. The second-order valence-electron chi connectivity index (χ2n) is 8.72. The van der Waals surface area contributed by atoms with Gasteiger partial charge in [-0.25, -0.2) is 0 Å². The van der Waals surface area contributed by atoms with Crippen LogP contribution in [0, 0.1) is 10.1 Å². The molecule has 0 bridgehead atoms. The molecule has 0 aliphatic rings. The molecule has 0 aromatic heterocycles. The fourth-order valence-corrected chi connectivity index (χ4v) is 3.83. The highest BCUT2D eigenvalue weighted by molar-refractivity contribution is 5.58. The third kappa shape index (κ3) is 17.6. The summed E-state index contributed by atoms with van der Waals surface area (Å²) in [4.78, 5) is 20.3. The summed E-state index contributed by atoms with van der Waals surface area (Å²) < 4.78 is 0. The predicted molar refractivity (Wildman–Crippen MR) is 121 cm³/mol. The van der Waals surface area contributed by atoms with Crippen LogP contribution in [0.25, 0.3) is 0 Å². The van der Waals surface area contributed by atoms with Crippen LogP contribution in [0.1, 0.15) is 142 Å². The van der Waals surface area contributed by atoms with Crippen molar-refractivity contribution in [3.8, 4) is 0 Å². The largest absolute Gasteiger partial charge is 0.378 e. The van der Waals surface area contributed by atoms with E-state index in [1.807, 2.05) is 0 Å². The van der Waals surface area contributed by atoms with Crippen molar-refractivity contribution in [2.24, 2.45) is 0 Å². The van der Waals surface area contributed by atoms with E-state index in [1.54, 1.807) is 0 Å². The first kappa shape index (κ1) is 28.0. The van der Waals surface area contributed by atoms with Crippen molar-refractivity contribution in [3.05, 3.63) is 10.1 Å². The van der Waals surface area contributed by atoms with E-state index < -0.39 is 10.6 Å². The Hall–Kier alpha value is -0.970. The van der Waals surface area contributed by atoms with Gasteiger partial charge in [-0.1, -0.05) is 129 Å². The number of rotatable bonds is 23. The zero-order valence-electron chi connectivity index (χ0n) is 19.0. The molecule has 5 nitrogen and oxygen atoms in total. The van der Waals surface area contributed by atoms with E-state index in [0.717, 1.165) is 19.3 Å². The smallest absolute Gasteiger partial charge is 0.325 e. The number of nitro groups is 1. The van der Waals surface area contributed by atoms with E-state index in [1.165, 1.54) is 103 Å². The molecule has 0 heterocycles. The number of hydrogen-bond donors (Lipinski definition) is 1. The maximum absolute atomic E-state index is 10.6. The lowest BCUT2D eigenvalue weighted by Crippen LogP contribution is -2.39. The summed E-state index contributed by atoms with van der Waals surface area (Å²) in [5.41, 5.74) is -2.38. The molecule has 1 atom stereocenters. The van der Waals surface area contributed by atoms with Crippen molar-refractivity contribution in [2.75, 3.05) is 0 Å². The van der Waals surface area contributed by atoms with E-state index in [4.69, 9.17) is 0 Å².